The first kappa shape index (κ1) is 31.7. The number of carbonyl (C=O) groups is 1. The van der Waals surface area contributed by atoms with Crippen molar-refractivity contribution < 1.29 is 22.7 Å². The fourth-order valence-electron chi connectivity index (χ4n) is 6.25. The minimum absolute atomic E-state index is 0.0969. The smallest absolute Gasteiger partial charge is 0.281 e. The van der Waals surface area contributed by atoms with E-state index in [4.69, 9.17) is 21.1 Å². The molecule has 6 rings (SSSR count). The van der Waals surface area contributed by atoms with Gasteiger partial charge in [0.15, 0.2) is 10.8 Å². The van der Waals surface area contributed by atoms with Crippen LogP contribution < -0.4 is 14.8 Å². The molecular weight excluding hydrogens is 616 g/mol. The van der Waals surface area contributed by atoms with Gasteiger partial charge in [-0.1, -0.05) is 31.5 Å². The van der Waals surface area contributed by atoms with Crippen LogP contribution in [0.3, 0.4) is 0 Å². The van der Waals surface area contributed by atoms with Gasteiger partial charge >= 0.3 is 0 Å². The summed E-state index contributed by atoms with van der Waals surface area (Å²) >= 11 is 6.33. The number of nitrogens with zero attached hydrogens (tertiary/aromatic N) is 4. The Morgan fingerprint density at radius 3 is 2.53 bits per heavy atom. The zero-order chi connectivity index (χ0) is 31.6. The van der Waals surface area contributed by atoms with Crippen LogP contribution in [0.2, 0.25) is 5.15 Å². The molecule has 1 atom stereocenters. The number of aromatic nitrogens is 4. The highest BCUT2D eigenvalue weighted by atomic mass is 35.5. The summed E-state index contributed by atoms with van der Waals surface area (Å²) in [6.07, 6.45) is 11.6. The lowest BCUT2D eigenvalue weighted by atomic mass is 9.92. The van der Waals surface area contributed by atoms with E-state index in [1.807, 2.05) is 4.72 Å². The maximum Gasteiger partial charge on any atom is 0.281 e. The Labute approximate surface area is 269 Å². The molecule has 1 unspecified atom stereocenters. The molecule has 242 valence electrons. The van der Waals surface area contributed by atoms with Crippen molar-refractivity contribution in [3.63, 3.8) is 0 Å². The number of ether oxygens (including phenoxy) is 2. The third-order valence-electron chi connectivity index (χ3n) is 8.95. The molecule has 3 saturated carbocycles. The van der Waals surface area contributed by atoms with Crippen LogP contribution in [0.15, 0.2) is 47.6 Å². The van der Waals surface area contributed by atoms with Crippen molar-refractivity contribution in [2.45, 2.75) is 76.3 Å². The summed E-state index contributed by atoms with van der Waals surface area (Å²) in [5, 5.41) is 7.05. The number of pyridine rings is 2. The van der Waals surface area contributed by atoms with Crippen LogP contribution in [0, 0.1) is 23.2 Å². The van der Waals surface area contributed by atoms with Crippen molar-refractivity contribution in [2.75, 3.05) is 25.1 Å². The molecular formula is C32H41ClN6O5S. The lowest BCUT2D eigenvalue weighted by Crippen LogP contribution is -2.31. The van der Waals surface area contributed by atoms with Gasteiger partial charge in [-0.3, -0.25) is 4.79 Å². The van der Waals surface area contributed by atoms with E-state index in [-0.39, 0.29) is 21.8 Å². The van der Waals surface area contributed by atoms with E-state index in [0.717, 1.165) is 43.4 Å². The first-order valence-corrected chi connectivity index (χ1v) is 17.7. The van der Waals surface area contributed by atoms with Gasteiger partial charge in [-0.05, 0) is 98.8 Å². The zero-order valence-electron chi connectivity index (χ0n) is 25.7. The Hall–Kier alpha value is -3.22. The van der Waals surface area contributed by atoms with Gasteiger partial charge in [0, 0.05) is 18.8 Å². The van der Waals surface area contributed by atoms with E-state index in [2.05, 4.69) is 34.2 Å². The molecule has 13 heteroatoms. The second kappa shape index (κ2) is 13.3. The Morgan fingerprint density at radius 1 is 1.07 bits per heavy atom. The largest absolute Gasteiger partial charge is 0.477 e. The first-order chi connectivity index (χ1) is 21.6. The van der Waals surface area contributed by atoms with E-state index in [1.165, 1.54) is 48.6 Å². The molecule has 3 aliphatic carbocycles. The second-order valence-electron chi connectivity index (χ2n) is 13.2. The fraction of sp³-hybridized carbons (Fsp3) is 0.562. The summed E-state index contributed by atoms with van der Waals surface area (Å²) in [6, 6.07) is 9.23. The van der Waals surface area contributed by atoms with Crippen LogP contribution in [-0.2, 0) is 14.8 Å². The molecule has 2 N–H and O–H groups in total. The molecule has 3 aromatic heterocycles. The number of halogens is 1. The van der Waals surface area contributed by atoms with E-state index >= 15 is 0 Å². The van der Waals surface area contributed by atoms with Crippen molar-refractivity contribution >= 4 is 33.3 Å². The highest BCUT2D eigenvalue weighted by molar-refractivity contribution is 7.90. The SMILES string of the molecule is CC1(C)CCC(OCCNc2cccc(S(=O)(=O)NC(=O)c3ccc(-n4ccc(OCCC(C5CC5)C5CC5)n4)nc3Cl)n2)C1. The number of carbonyl (C=O) groups excluding carboxylic acids is 1. The molecule has 0 saturated heterocycles. The van der Waals surface area contributed by atoms with E-state index < -0.39 is 15.9 Å². The van der Waals surface area contributed by atoms with Crippen molar-refractivity contribution in [1.29, 1.82) is 0 Å². The predicted octanol–water partition coefficient (Wildman–Crippen LogP) is 5.65. The van der Waals surface area contributed by atoms with Crippen LogP contribution >= 0.6 is 11.6 Å². The van der Waals surface area contributed by atoms with Crippen molar-refractivity contribution in [3.05, 3.63) is 53.3 Å². The number of rotatable bonds is 15. The molecule has 0 spiro atoms. The van der Waals surface area contributed by atoms with Gasteiger partial charge in [0.1, 0.15) is 11.0 Å². The number of amides is 1. The molecule has 0 radical (unpaired) electrons. The summed E-state index contributed by atoms with van der Waals surface area (Å²) in [7, 11) is -4.28. The van der Waals surface area contributed by atoms with Gasteiger partial charge < -0.3 is 14.8 Å². The summed E-state index contributed by atoms with van der Waals surface area (Å²) in [5.41, 5.74) is 0.210. The quantitative estimate of drug-likeness (QED) is 0.157. The highest BCUT2D eigenvalue weighted by Gasteiger charge is 2.41. The standard InChI is InChI=1S/C32H41ClN6O5S/c1-32(2)15-12-23(20-32)43-19-16-34-26-4-3-5-29(35-26)45(41,42)38-31(40)25-10-11-27(36-30(25)33)39-17-13-28(37-39)44-18-14-24(21-6-7-21)22-8-9-22/h3-5,10-11,13,17,21-24H,6-9,12,14-16,18-20H2,1-2H3,(H,34,35)(H,38,40). The van der Waals surface area contributed by atoms with Gasteiger partial charge in [-0.2, -0.15) is 8.42 Å². The molecule has 3 fully saturated rings. The van der Waals surface area contributed by atoms with Crippen molar-refractivity contribution in [2.24, 2.45) is 23.2 Å². The molecule has 1 amide bonds. The Balaban J connectivity index is 1.01. The average Bonchev–Trinajstić information content (AvgIpc) is 3.94. The van der Waals surface area contributed by atoms with Gasteiger partial charge in [0.05, 0.1) is 24.9 Å². The lowest BCUT2D eigenvalue weighted by molar-refractivity contribution is 0.0586. The maximum atomic E-state index is 13.0. The summed E-state index contributed by atoms with van der Waals surface area (Å²) in [4.78, 5) is 21.4. The van der Waals surface area contributed by atoms with Crippen molar-refractivity contribution in [3.8, 4) is 11.7 Å². The zero-order valence-corrected chi connectivity index (χ0v) is 27.3. The first-order valence-electron chi connectivity index (χ1n) is 15.8. The Kier molecular flexibility index (Phi) is 9.35. The third-order valence-corrected chi connectivity index (χ3v) is 10.5. The molecule has 45 heavy (non-hydrogen) atoms. The molecule has 0 aliphatic heterocycles. The molecule has 3 aliphatic rings. The number of hydrogen-bond acceptors (Lipinski definition) is 9. The van der Waals surface area contributed by atoms with Crippen LogP contribution in [0.4, 0.5) is 5.82 Å². The van der Waals surface area contributed by atoms with Gasteiger partial charge in [-0.25, -0.2) is 19.4 Å². The van der Waals surface area contributed by atoms with Crippen molar-refractivity contribution in [1.82, 2.24) is 24.5 Å². The number of anilines is 1. The topological polar surface area (TPSA) is 137 Å². The average molecular weight is 657 g/mol. The van der Waals surface area contributed by atoms with Crippen LogP contribution in [0.1, 0.15) is 75.6 Å². The van der Waals surface area contributed by atoms with Gasteiger partial charge in [0.25, 0.3) is 15.9 Å². The third kappa shape index (κ3) is 8.33. The molecule has 0 bridgehead atoms. The molecule has 3 heterocycles. The Bertz CT molecular complexity index is 1610. The minimum atomic E-state index is -4.28. The fourth-order valence-corrected chi connectivity index (χ4v) is 7.42. The minimum Gasteiger partial charge on any atom is -0.477 e. The van der Waals surface area contributed by atoms with E-state index in [9.17, 15) is 13.2 Å². The van der Waals surface area contributed by atoms with Crippen LogP contribution in [0.25, 0.3) is 5.82 Å². The normalized spacial score (nSPS) is 19.5. The van der Waals surface area contributed by atoms with E-state index in [1.54, 1.807) is 24.4 Å². The van der Waals surface area contributed by atoms with E-state index in [0.29, 0.717) is 42.7 Å². The lowest BCUT2D eigenvalue weighted by Gasteiger charge is -2.17. The van der Waals surface area contributed by atoms with Gasteiger partial charge in [-0.15, -0.1) is 5.10 Å². The summed E-state index contributed by atoms with van der Waals surface area (Å²) in [6.45, 7) is 6.06. The predicted molar refractivity (Wildman–Crippen MR) is 170 cm³/mol. The number of hydrogen-bond donors (Lipinski definition) is 2. The molecule has 11 nitrogen and oxygen atoms in total. The second-order valence-corrected chi connectivity index (χ2v) is 15.2. The van der Waals surface area contributed by atoms with Gasteiger partial charge in [0.2, 0.25) is 5.88 Å². The molecule has 0 aromatic carbocycles. The monoisotopic (exact) mass is 656 g/mol. The number of sulfonamides is 1. The highest BCUT2D eigenvalue weighted by Crippen LogP contribution is 2.50. The summed E-state index contributed by atoms with van der Waals surface area (Å²) < 4.78 is 41.4. The Morgan fingerprint density at radius 2 is 1.84 bits per heavy atom. The maximum absolute atomic E-state index is 13.0. The van der Waals surface area contributed by atoms with Crippen LogP contribution in [0.5, 0.6) is 5.88 Å². The van der Waals surface area contributed by atoms with Crippen LogP contribution in [-0.4, -0.2) is 59.9 Å². The number of nitrogens with one attached hydrogen (secondary N) is 2. The molecule has 3 aromatic rings. The summed E-state index contributed by atoms with van der Waals surface area (Å²) in [5.74, 6) is 2.81.